The van der Waals surface area contributed by atoms with Crippen molar-refractivity contribution in [3.63, 3.8) is 0 Å². The fourth-order valence-electron chi connectivity index (χ4n) is 2.83. The van der Waals surface area contributed by atoms with E-state index in [1.807, 2.05) is 12.3 Å². The number of aromatic nitrogens is 1. The van der Waals surface area contributed by atoms with Crippen molar-refractivity contribution in [2.24, 2.45) is 0 Å². The van der Waals surface area contributed by atoms with Gasteiger partial charge in [0.05, 0.1) is 5.52 Å². The minimum absolute atomic E-state index is 1.05. The monoisotopic (exact) mass is 240 g/mol. The van der Waals surface area contributed by atoms with Gasteiger partial charge in [0, 0.05) is 18.1 Å². The summed E-state index contributed by atoms with van der Waals surface area (Å²) in [6.07, 6.45) is 7.37. The molecule has 1 aromatic carbocycles. The number of hydrogen-bond donors (Lipinski definition) is 0. The SMILES string of the molecule is c1cnc2c(CN3CCCCCC3)cccc2c1. The minimum atomic E-state index is 1.05. The first-order valence-electron chi connectivity index (χ1n) is 6.98. The van der Waals surface area contributed by atoms with E-state index in [0.29, 0.717) is 0 Å². The molecule has 0 atom stereocenters. The van der Waals surface area contributed by atoms with E-state index in [-0.39, 0.29) is 0 Å². The van der Waals surface area contributed by atoms with Crippen molar-refractivity contribution in [1.82, 2.24) is 9.88 Å². The third-order valence-corrected chi connectivity index (χ3v) is 3.81. The molecule has 0 bridgehead atoms. The van der Waals surface area contributed by atoms with Gasteiger partial charge in [-0.25, -0.2) is 0 Å². The first kappa shape index (κ1) is 11.7. The summed E-state index contributed by atoms with van der Waals surface area (Å²) >= 11 is 0. The zero-order valence-corrected chi connectivity index (χ0v) is 10.8. The van der Waals surface area contributed by atoms with Crippen LogP contribution in [0.3, 0.4) is 0 Å². The number of nitrogens with zero attached hydrogens (tertiary/aromatic N) is 2. The summed E-state index contributed by atoms with van der Waals surface area (Å²) in [5.41, 5.74) is 2.54. The van der Waals surface area contributed by atoms with Crippen LogP contribution in [0, 0.1) is 0 Å². The maximum atomic E-state index is 4.54. The fraction of sp³-hybridized carbons (Fsp3) is 0.438. The molecule has 1 aliphatic heterocycles. The Morgan fingerprint density at radius 1 is 0.944 bits per heavy atom. The Balaban J connectivity index is 1.85. The van der Waals surface area contributed by atoms with Gasteiger partial charge in [0.25, 0.3) is 0 Å². The maximum absolute atomic E-state index is 4.54. The molecule has 2 aromatic rings. The highest BCUT2D eigenvalue weighted by molar-refractivity contribution is 5.81. The molecule has 0 aliphatic carbocycles. The van der Waals surface area contributed by atoms with E-state index in [0.717, 1.165) is 6.54 Å². The lowest BCUT2D eigenvalue weighted by atomic mass is 10.1. The average Bonchev–Trinajstić information content (AvgIpc) is 2.68. The van der Waals surface area contributed by atoms with E-state index in [1.165, 1.54) is 55.2 Å². The number of para-hydroxylation sites is 1. The molecule has 18 heavy (non-hydrogen) atoms. The molecule has 1 saturated heterocycles. The standard InChI is InChI=1S/C16H20N2/c1-2-4-12-18(11-3-1)13-15-8-5-7-14-9-6-10-17-16(14)15/h5-10H,1-4,11-13H2. The molecule has 0 spiro atoms. The first-order chi connectivity index (χ1) is 8.93. The van der Waals surface area contributed by atoms with E-state index in [2.05, 4.69) is 34.1 Å². The lowest BCUT2D eigenvalue weighted by Crippen LogP contribution is -2.24. The summed E-state index contributed by atoms with van der Waals surface area (Å²) in [6, 6.07) is 10.7. The molecule has 1 aliphatic rings. The van der Waals surface area contributed by atoms with Gasteiger partial charge in [-0.2, -0.15) is 0 Å². The topological polar surface area (TPSA) is 16.1 Å². The van der Waals surface area contributed by atoms with Crippen LogP contribution in [0.15, 0.2) is 36.5 Å². The van der Waals surface area contributed by atoms with Gasteiger partial charge in [0.15, 0.2) is 0 Å². The fourth-order valence-corrected chi connectivity index (χ4v) is 2.83. The van der Waals surface area contributed by atoms with Crippen LogP contribution >= 0.6 is 0 Å². The summed E-state index contributed by atoms with van der Waals surface area (Å²) in [7, 11) is 0. The van der Waals surface area contributed by atoms with Gasteiger partial charge < -0.3 is 0 Å². The highest BCUT2D eigenvalue weighted by Crippen LogP contribution is 2.19. The number of likely N-dealkylation sites (tertiary alicyclic amines) is 1. The molecule has 3 rings (SSSR count). The molecule has 2 nitrogen and oxygen atoms in total. The molecule has 2 heterocycles. The molecule has 0 saturated carbocycles. The summed E-state index contributed by atoms with van der Waals surface area (Å²) < 4.78 is 0. The Kier molecular flexibility index (Phi) is 3.56. The Hall–Kier alpha value is -1.41. The Bertz CT molecular complexity index is 508. The van der Waals surface area contributed by atoms with Crippen LogP contribution in [0.1, 0.15) is 31.2 Å². The predicted molar refractivity (Wildman–Crippen MR) is 75.5 cm³/mol. The third-order valence-electron chi connectivity index (χ3n) is 3.81. The van der Waals surface area contributed by atoms with Crippen LogP contribution < -0.4 is 0 Å². The van der Waals surface area contributed by atoms with Crippen molar-refractivity contribution in [2.75, 3.05) is 13.1 Å². The van der Waals surface area contributed by atoms with Crippen LogP contribution in [0.25, 0.3) is 10.9 Å². The highest BCUT2D eigenvalue weighted by Gasteiger charge is 2.11. The van der Waals surface area contributed by atoms with Crippen molar-refractivity contribution >= 4 is 10.9 Å². The van der Waals surface area contributed by atoms with Crippen molar-refractivity contribution in [3.05, 3.63) is 42.1 Å². The molecular formula is C16H20N2. The second kappa shape index (κ2) is 5.49. The second-order valence-electron chi connectivity index (χ2n) is 5.18. The molecule has 1 fully saturated rings. The normalized spacial score (nSPS) is 17.8. The molecule has 0 amide bonds. The summed E-state index contributed by atoms with van der Waals surface area (Å²) in [5, 5.41) is 1.25. The van der Waals surface area contributed by atoms with Crippen molar-refractivity contribution in [1.29, 1.82) is 0 Å². The number of benzene rings is 1. The Labute approximate surface area is 109 Å². The molecule has 0 unspecified atom stereocenters. The maximum Gasteiger partial charge on any atom is 0.0746 e. The first-order valence-corrected chi connectivity index (χ1v) is 6.98. The van der Waals surface area contributed by atoms with E-state index >= 15 is 0 Å². The molecule has 0 radical (unpaired) electrons. The molecule has 2 heteroatoms. The minimum Gasteiger partial charge on any atom is -0.299 e. The van der Waals surface area contributed by atoms with Gasteiger partial charge in [0.2, 0.25) is 0 Å². The van der Waals surface area contributed by atoms with Gasteiger partial charge in [-0.05, 0) is 37.6 Å². The largest absolute Gasteiger partial charge is 0.299 e. The number of fused-ring (bicyclic) bond motifs is 1. The van der Waals surface area contributed by atoms with Crippen molar-refractivity contribution in [2.45, 2.75) is 32.2 Å². The Morgan fingerprint density at radius 3 is 2.56 bits per heavy atom. The van der Waals surface area contributed by atoms with Crippen LogP contribution in [0.5, 0.6) is 0 Å². The van der Waals surface area contributed by atoms with Crippen LogP contribution in [-0.2, 0) is 6.54 Å². The van der Waals surface area contributed by atoms with Crippen molar-refractivity contribution in [3.8, 4) is 0 Å². The summed E-state index contributed by atoms with van der Waals surface area (Å²) in [4.78, 5) is 7.12. The zero-order valence-electron chi connectivity index (χ0n) is 10.8. The van der Waals surface area contributed by atoms with Gasteiger partial charge >= 0.3 is 0 Å². The lowest BCUT2D eigenvalue weighted by Gasteiger charge is -2.20. The average molecular weight is 240 g/mol. The van der Waals surface area contributed by atoms with E-state index in [1.54, 1.807) is 0 Å². The van der Waals surface area contributed by atoms with E-state index < -0.39 is 0 Å². The zero-order chi connectivity index (χ0) is 12.2. The molecule has 0 N–H and O–H groups in total. The second-order valence-corrected chi connectivity index (χ2v) is 5.18. The molecule has 1 aromatic heterocycles. The van der Waals surface area contributed by atoms with Gasteiger partial charge in [-0.3, -0.25) is 9.88 Å². The summed E-state index contributed by atoms with van der Waals surface area (Å²) in [6.45, 7) is 3.53. The number of hydrogen-bond acceptors (Lipinski definition) is 2. The lowest BCUT2D eigenvalue weighted by molar-refractivity contribution is 0.278. The predicted octanol–water partition coefficient (Wildman–Crippen LogP) is 3.61. The van der Waals surface area contributed by atoms with Crippen LogP contribution in [0.2, 0.25) is 0 Å². The van der Waals surface area contributed by atoms with Crippen LogP contribution in [-0.4, -0.2) is 23.0 Å². The Morgan fingerprint density at radius 2 is 1.72 bits per heavy atom. The smallest absolute Gasteiger partial charge is 0.0746 e. The summed E-state index contributed by atoms with van der Waals surface area (Å²) in [5.74, 6) is 0. The number of pyridine rings is 1. The third kappa shape index (κ3) is 2.54. The quantitative estimate of drug-likeness (QED) is 0.797. The van der Waals surface area contributed by atoms with E-state index in [9.17, 15) is 0 Å². The van der Waals surface area contributed by atoms with E-state index in [4.69, 9.17) is 0 Å². The molecule has 94 valence electrons. The van der Waals surface area contributed by atoms with Crippen LogP contribution in [0.4, 0.5) is 0 Å². The number of rotatable bonds is 2. The molecular weight excluding hydrogens is 220 g/mol. The van der Waals surface area contributed by atoms with Gasteiger partial charge in [0.1, 0.15) is 0 Å². The van der Waals surface area contributed by atoms with Gasteiger partial charge in [-0.15, -0.1) is 0 Å². The highest BCUT2D eigenvalue weighted by atomic mass is 15.1. The van der Waals surface area contributed by atoms with Crippen molar-refractivity contribution < 1.29 is 0 Å². The van der Waals surface area contributed by atoms with Gasteiger partial charge in [-0.1, -0.05) is 37.1 Å².